The zero-order valence-electron chi connectivity index (χ0n) is 20.5. The molecule has 12 heteroatoms. The highest BCUT2D eigenvalue weighted by Crippen LogP contribution is 2.45. The fourth-order valence-corrected chi connectivity index (χ4v) is 6.60. The number of amides is 1. The van der Waals surface area contributed by atoms with Gasteiger partial charge in [-0.05, 0) is 76.2 Å². The molecule has 0 bridgehead atoms. The molecule has 1 atom stereocenters. The second-order valence-electron chi connectivity index (χ2n) is 8.84. The topological polar surface area (TPSA) is 102 Å². The van der Waals surface area contributed by atoms with Crippen LogP contribution >= 0.6 is 45.7 Å². The van der Waals surface area contributed by atoms with Crippen molar-refractivity contribution in [3.05, 3.63) is 98.4 Å². The molecule has 0 spiro atoms. The smallest absolute Gasteiger partial charge is 0.301 e. The number of nitrogens with zero attached hydrogens (tertiary/aromatic N) is 3. The van der Waals surface area contributed by atoms with Crippen molar-refractivity contribution in [2.75, 3.05) is 18.1 Å². The molecular weight excluding hydrogens is 668 g/mol. The van der Waals surface area contributed by atoms with Gasteiger partial charge in [-0.2, -0.15) is 0 Å². The van der Waals surface area contributed by atoms with E-state index in [1.165, 1.54) is 40.1 Å². The Labute approximate surface area is 250 Å². The molecular formula is C28H19FIN3O5S2. The number of aliphatic hydroxyl groups is 1. The monoisotopic (exact) mass is 687 g/mol. The van der Waals surface area contributed by atoms with Crippen LogP contribution in [-0.2, 0) is 15.3 Å². The minimum Gasteiger partial charge on any atom is -0.507 e. The Balaban J connectivity index is 1.38. The number of hydrogen-bond donors (Lipinski definition) is 1. The van der Waals surface area contributed by atoms with E-state index in [4.69, 9.17) is 9.47 Å². The van der Waals surface area contributed by atoms with Crippen molar-refractivity contribution in [3.63, 3.8) is 0 Å². The number of rotatable bonds is 6. The number of Topliss-reactive ketones (excluding diaryl/α,β-unsaturated/α-hetero) is 1. The van der Waals surface area contributed by atoms with Crippen molar-refractivity contribution < 1.29 is 28.6 Å². The van der Waals surface area contributed by atoms with Crippen LogP contribution in [0.15, 0.2) is 76.6 Å². The Kier molecular flexibility index (Phi) is 7.47. The minimum atomic E-state index is -0.923. The van der Waals surface area contributed by atoms with E-state index < -0.39 is 17.7 Å². The fraction of sp³-hybridized carbons (Fsp3) is 0.143. The lowest BCUT2D eigenvalue weighted by atomic mass is 9.95. The van der Waals surface area contributed by atoms with Gasteiger partial charge in [0.15, 0.2) is 15.8 Å². The van der Waals surface area contributed by atoms with E-state index in [1.54, 1.807) is 30.3 Å². The second kappa shape index (κ2) is 11.2. The van der Waals surface area contributed by atoms with Gasteiger partial charge in [0.1, 0.15) is 24.8 Å². The van der Waals surface area contributed by atoms with Crippen LogP contribution in [0.25, 0.3) is 5.76 Å². The maximum absolute atomic E-state index is 13.4. The average Bonchev–Trinajstić information content (AvgIpc) is 3.54. The summed E-state index contributed by atoms with van der Waals surface area (Å²) in [5, 5.41) is 20.1. The maximum Gasteiger partial charge on any atom is 0.301 e. The van der Waals surface area contributed by atoms with Gasteiger partial charge in [-0.1, -0.05) is 47.4 Å². The van der Waals surface area contributed by atoms with E-state index in [1.807, 2.05) is 24.3 Å². The molecule has 1 fully saturated rings. The van der Waals surface area contributed by atoms with Crippen molar-refractivity contribution in [2.24, 2.45) is 0 Å². The molecule has 1 aromatic heterocycles. The maximum atomic E-state index is 13.4. The van der Waals surface area contributed by atoms with Gasteiger partial charge < -0.3 is 14.6 Å². The minimum absolute atomic E-state index is 0.0569. The van der Waals surface area contributed by atoms with E-state index in [0.29, 0.717) is 45.9 Å². The normalized spacial score (nSPS) is 17.9. The number of thioether (sulfide) groups is 1. The molecule has 0 radical (unpaired) electrons. The first-order valence-electron chi connectivity index (χ1n) is 12.1. The average molecular weight is 688 g/mol. The summed E-state index contributed by atoms with van der Waals surface area (Å²) in [5.41, 5.74) is 1.81. The zero-order valence-corrected chi connectivity index (χ0v) is 24.3. The Morgan fingerprint density at radius 3 is 2.50 bits per heavy atom. The highest BCUT2D eigenvalue weighted by molar-refractivity contribution is 14.1. The quantitative estimate of drug-likeness (QED) is 0.0661. The molecule has 202 valence electrons. The first kappa shape index (κ1) is 26.7. The molecule has 1 N–H and O–H groups in total. The number of fused-ring (bicyclic) bond motifs is 1. The highest BCUT2D eigenvalue weighted by atomic mass is 127. The van der Waals surface area contributed by atoms with Gasteiger partial charge in [0.05, 0.1) is 11.6 Å². The molecule has 6 rings (SSSR count). The van der Waals surface area contributed by atoms with Gasteiger partial charge in [0, 0.05) is 14.9 Å². The van der Waals surface area contributed by atoms with Gasteiger partial charge in [-0.15, -0.1) is 10.2 Å². The number of ether oxygens (including phenoxy) is 2. The number of ketones is 1. The third-order valence-electron chi connectivity index (χ3n) is 6.32. The summed E-state index contributed by atoms with van der Waals surface area (Å²) in [7, 11) is 0. The van der Waals surface area contributed by atoms with Crippen LogP contribution in [-0.4, -0.2) is 40.2 Å². The van der Waals surface area contributed by atoms with Crippen molar-refractivity contribution in [1.82, 2.24) is 10.2 Å². The number of hydrogen-bond acceptors (Lipinski definition) is 9. The Morgan fingerprint density at radius 2 is 1.75 bits per heavy atom. The number of carbonyl (C=O) groups is 2. The fourth-order valence-electron chi connectivity index (χ4n) is 4.42. The Hall–Kier alpha value is -3.49. The summed E-state index contributed by atoms with van der Waals surface area (Å²) in [6.07, 6.45) is 0. The predicted molar refractivity (Wildman–Crippen MR) is 157 cm³/mol. The third-order valence-corrected chi connectivity index (χ3v) is 9.17. The van der Waals surface area contributed by atoms with E-state index in [-0.39, 0.29) is 22.3 Å². The Morgan fingerprint density at radius 1 is 1.02 bits per heavy atom. The molecule has 8 nitrogen and oxygen atoms in total. The largest absolute Gasteiger partial charge is 0.507 e. The lowest BCUT2D eigenvalue weighted by Gasteiger charge is -2.23. The summed E-state index contributed by atoms with van der Waals surface area (Å²) in [6, 6.07) is 17.5. The van der Waals surface area contributed by atoms with Gasteiger partial charge in [-0.25, -0.2) is 4.39 Å². The van der Waals surface area contributed by atoms with Crippen molar-refractivity contribution in [3.8, 4) is 11.5 Å². The van der Waals surface area contributed by atoms with E-state index in [9.17, 15) is 19.1 Å². The number of halogens is 2. The highest BCUT2D eigenvalue weighted by Gasteiger charge is 2.48. The molecule has 3 aromatic carbocycles. The third kappa shape index (κ3) is 5.18. The van der Waals surface area contributed by atoms with Crippen LogP contribution in [0.2, 0.25) is 0 Å². The standard InChI is InChI=1S/C28H19FIN3O5S2/c29-18-6-1-15(2-7-18)14-39-28-32-31-27(40-28)33-23(16-3-8-19(30)9-4-16)22(25(35)26(33)36)24(34)17-5-10-20-21(13-17)38-12-11-37-20/h1-10,13,23,34H,11-12,14H2. The summed E-state index contributed by atoms with van der Waals surface area (Å²) < 4.78 is 26.0. The number of aliphatic hydroxyl groups excluding tert-OH is 1. The van der Waals surface area contributed by atoms with E-state index in [2.05, 4.69) is 32.8 Å². The van der Waals surface area contributed by atoms with Crippen LogP contribution in [0, 0.1) is 9.39 Å². The number of carbonyl (C=O) groups excluding carboxylic acids is 2. The van der Waals surface area contributed by atoms with Crippen LogP contribution in [0.4, 0.5) is 9.52 Å². The predicted octanol–water partition coefficient (Wildman–Crippen LogP) is 5.97. The summed E-state index contributed by atoms with van der Waals surface area (Å²) in [5.74, 6) is -0.760. The first-order chi connectivity index (χ1) is 19.4. The van der Waals surface area contributed by atoms with Gasteiger partial charge >= 0.3 is 5.91 Å². The number of benzene rings is 3. The summed E-state index contributed by atoms with van der Waals surface area (Å²) in [4.78, 5) is 28.2. The summed E-state index contributed by atoms with van der Waals surface area (Å²) >= 11 is 4.73. The Bertz CT molecular complexity index is 1640. The number of anilines is 1. The van der Waals surface area contributed by atoms with Crippen LogP contribution < -0.4 is 14.4 Å². The SMILES string of the molecule is O=C1C(=O)N(c2nnc(SCc3ccc(F)cc3)s2)C(c2ccc(I)cc2)C1=C(O)c1ccc2c(c1)OCCO2. The molecule has 4 aromatic rings. The van der Waals surface area contributed by atoms with Gasteiger partial charge in [0.25, 0.3) is 5.78 Å². The number of aromatic nitrogens is 2. The molecule has 2 aliphatic rings. The van der Waals surface area contributed by atoms with Crippen molar-refractivity contribution in [1.29, 1.82) is 0 Å². The lowest BCUT2D eigenvalue weighted by molar-refractivity contribution is -0.132. The second-order valence-corrected chi connectivity index (χ2v) is 12.3. The van der Waals surface area contributed by atoms with Gasteiger partial charge in [-0.3, -0.25) is 14.5 Å². The van der Waals surface area contributed by atoms with Crippen LogP contribution in [0.3, 0.4) is 0 Å². The van der Waals surface area contributed by atoms with Gasteiger partial charge in [0.2, 0.25) is 5.13 Å². The van der Waals surface area contributed by atoms with E-state index >= 15 is 0 Å². The molecule has 2 aliphatic heterocycles. The molecule has 1 saturated heterocycles. The molecule has 40 heavy (non-hydrogen) atoms. The lowest BCUT2D eigenvalue weighted by Crippen LogP contribution is -2.29. The van der Waals surface area contributed by atoms with Crippen LogP contribution in [0.1, 0.15) is 22.7 Å². The van der Waals surface area contributed by atoms with Crippen molar-refractivity contribution >= 4 is 68.3 Å². The molecule has 3 heterocycles. The molecule has 0 saturated carbocycles. The van der Waals surface area contributed by atoms with Crippen LogP contribution in [0.5, 0.6) is 11.5 Å². The first-order valence-corrected chi connectivity index (χ1v) is 14.9. The van der Waals surface area contributed by atoms with Crippen molar-refractivity contribution in [2.45, 2.75) is 16.1 Å². The van der Waals surface area contributed by atoms with E-state index in [0.717, 1.165) is 9.13 Å². The summed E-state index contributed by atoms with van der Waals surface area (Å²) in [6.45, 7) is 0.783. The molecule has 1 amide bonds. The molecule has 0 aliphatic carbocycles. The molecule has 1 unspecified atom stereocenters. The zero-order chi connectivity index (χ0) is 27.8.